The fraction of sp³-hybridized carbons (Fsp3) is 0.333. The van der Waals surface area contributed by atoms with Crippen LogP contribution in [0.3, 0.4) is 0 Å². The van der Waals surface area contributed by atoms with E-state index in [0.717, 1.165) is 0 Å². The van der Waals surface area contributed by atoms with E-state index in [1.54, 1.807) is 12.1 Å². The molecule has 1 aromatic rings. The lowest BCUT2D eigenvalue weighted by Gasteiger charge is -2.21. The van der Waals surface area contributed by atoms with Crippen molar-refractivity contribution in [1.82, 2.24) is 0 Å². The summed E-state index contributed by atoms with van der Waals surface area (Å²) >= 11 is 5.32. The van der Waals surface area contributed by atoms with Crippen LogP contribution < -0.4 is 20.9 Å². The molecule has 4 N–H and O–H groups in total. The Bertz CT molecular complexity index is 522. The van der Waals surface area contributed by atoms with Gasteiger partial charge in [0.05, 0.1) is 8.04 Å². The molecule has 1 aromatic carbocycles. The van der Waals surface area contributed by atoms with Gasteiger partial charge in [-0.25, -0.2) is 9.59 Å². The first-order chi connectivity index (χ1) is 10.2. The molecule has 2 amide bonds. The molecule has 2 atom stereocenters. The van der Waals surface area contributed by atoms with Gasteiger partial charge in [0.1, 0.15) is 0 Å². The van der Waals surface area contributed by atoms with Crippen LogP contribution >= 0.6 is 38.5 Å². The van der Waals surface area contributed by atoms with Crippen molar-refractivity contribution in [3.05, 3.63) is 20.2 Å². The summed E-state index contributed by atoms with van der Waals surface area (Å²) in [5.74, 6) is 0.559. The van der Waals surface area contributed by atoms with E-state index in [1.807, 2.05) is 22.6 Å². The third kappa shape index (κ3) is 5.75. The van der Waals surface area contributed by atoms with Crippen LogP contribution in [-0.4, -0.2) is 24.8 Å². The summed E-state index contributed by atoms with van der Waals surface area (Å²) in [7, 11) is 0. The Kier molecular flexibility index (Phi) is 7.00. The van der Waals surface area contributed by atoms with Crippen molar-refractivity contribution in [3.63, 3.8) is 0 Å². The van der Waals surface area contributed by atoms with Crippen molar-refractivity contribution in [1.29, 1.82) is 0 Å². The van der Waals surface area contributed by atoms with Gasteiger partial charge >= 0.3 is 12.2 Å². The zero-order valence-corrected chi connectivity index (χ0v) is 15.4. The molecule has 122 valence electrons. The van der Waals surface area contributed by atoms with Gasteiger partial charge in [0.2, 0.25) is 12.6 Å². The Balaban J connectivity index is 3.02. The Morgan fingerprint density at radius 1 is 1.05 bits per heavy atom. The summed E-state index contributed by atoms with van der Waals surface area (Å²) in [6.45, 7) is 2.99. The smallest absolute Gasteiger partial charge is 0.407 e. The van der Waals surface area contributed by atoms with Gasteiger partial charge < -0.3 is 30.4 Å². The molecule has 22 heavy (non-hydrogen) atoms. The van der Waals surface area contributed by atoms with E-state index >= 15 is 0 Å². The van der Waals surface area contributed by atoms with Crippen molar-refractivity contribution in [2.45, 2.75) is 26.4 Å². The highest BCUT2D eigenvalue weighted by Gasteiger charge is 2.20. The van der Waals surface area contributed by atoms with Gasteiger partial charge in [0.15, 0.2) is 11.5 Å². The van der Waals surface area contributed by atoms with Gasteiger partial charge in [-0.3, -0.25) is 0 Å². The molecule has 0 aliphatic rings. The SMILES string of the molecule is CC(OC(N)=O)Oc1c(Br)ccc(I)c1OC(C)OC(N)=O. The summed E-state index contributed by atoms with van der Waals surface area (Å²) in [6.07, 6.45) is -3.82. The van der Waals surface area contributed by atoms with Crippen molar-refractivity contribution < 1.29 is 28.5 Å². The van der Waals surface area contributed by atoms with Gasteiger partial charge in [-0.2, -0.15) is 0 Å². The molecule has 1 rings (SSSR count). The lowest BCUT2D eigenvalue weighted by Crippen LogP contribution is -2.27. The average molecular weight is 489 g/mol. The van der Waals surface area contributed by atoms with Gasteiger partial charge in [0, 0.05) is 13.8 Å². The fourth-order valence-corrected chi connectivity index (χ4v) is 2.40. The molecule has 0 radical (unpaired) electrons. The zero-order chi connectivity index (χ0) is 16.9. The summed E-state index contributed by atoms with van der Waals surface area (Å²) in [5, 5.41) is 0. The molecule has 8 nitrogen and oxygen atoms in total. The summed E-state index contributed by atoms with van der Waals surface area (Å²) < 4.78 is 21.7. The maximum absolute atomic E-state index is 10.7. The maximum Gasteiger partial charge on any atom is 0.407 e. The molecule has 0 fully saturated rings. The first-order valence-electron chi connectivity index (χ1n) is 5.94. The molecule has 0 aliphatic carbocycles. The van der Waals surface area contributed by atoms with Crippen LogP contribution in [0.4, 0.5) is 9.59 Å². The van der Waals surface area contributed by atoms with Crippen LogP contribution in [0.25, 0.3) is 0 Å². The highest BCUT2D eigenvalue weighted by Crippen LogP contribution is 2.40. The van der Waals surface area contributed by atoms with Gasteiger partial charge in [-0.05, 0) is 50.7 Å². The second-order valence-electron chi connectivity index (χ2n) is 3.93. The first-order valence-corrected chi connectivity index (χ1v) is 7.81. The number of primary amides is 2. The second kappa shape index (κ2) is 8.27. The molecule has 0 saturated heterocycles. The topological polar surface area (TPSA) is 123 Å². The maximum atomic E-state index is 10.7. The van der Waals surface area contributed by atoms with Crippen LogP contribution in [0, 0.1) is 3.57 Å². The second-order valence-corrected chi connectivity index (χ2v) is 5.95. The Morgan fingerprint density at radius 2 is 1.50 bits per heavy atom. The molecule has 0 bridgehead atoms. The van der Waals surface area contributed by atoms with E-state index < -0.39 is 24.8 Å². The lowest BCUT2D eigenvalue weighted by atomic mass is 10.3. The van der Waals surface area contributed by atoms with Crippen molar-refractivity contribution in [2.24, 2.45) is 11.5 Å². The normalized spacial score (nSPS) is 12.9. The first kappa shape index (κ1) is 18.6. The molecular weight excluding hydrogens is 475 g/mol. The van der Waals surface area contributed by atoms with Crippen molar-refractivity contribution >= 4 is 50.7 Å². The molecule has 0 saturated carbocycles. The van der Waals surface area contributed by atoms with E-state index in [0.29, 0.717) is 13.8 Å². The Labute approximate surface area is 148 Å². The summed E-state index contributed by atoms with van der Waals surface area (Å²) in [6, 6.07) is 3.48. The van der Waals surface area contributed by atoms with E-state index in [9.17, 15) is 9.59 Å². The molecule has 2 unspecified atom stereocenters. The molecule has 0 spiro atoms. The van der Waals surface area contributed by atoms with Crippen LogP contribution in [0.15, 0.2) is 16.6 Å². The largest absolute Gasteiger partial charge is 0.450 e. The van der Waals surface area contributed by atoms with E-state index in [2.05, 4.69) is 15.9 Å². The number of carbonyl (C=O) groups excluding carboxylic acids is 2. The Morgan fingerprint density at radius 3 is 1.95 bits per heavy atom. The van der Waals surface area contributed by atoms with Crippen LogP contribution in [0.1, 0.15) is 13.8 Å². The fourth-order valence-electron chi connectivity index (χ4n) is 1.44. The molecule has 0 aliphatic heterocycles. The predicted octanol–water partition coefficient (Wildman–Crippen LogP) is 2.69. The van der Waals surface area contributed by atoms with Crippen molar-refractivity contribution in [3.8, 4) is 11.5 Å². The van der Waals surface area contributed by atoms with Crippen LogP contribution in [0.5, 0.6) is 11.5 Å². The van der Waals surface area contributed by atoms with Crippen molar-refractivity contribution in [2.75, 3.05) is 0 Å². The number of hydrogen-bond acceptors (Lipinski definition) is 6. The van der Waals surface area contributed by atoms with Crippen LogP contribution in [-0.2, 0) is 9.47 Å². The van der Waals surface area contributed by atoms with Gasteiger partial charge in [-0.1, -0.05) is 0 Å². The molecule has 0 heterocycles. The van der Waals surface area contributed by atoms with Gasteiger partial charge in [0.25, 0.3) is 0 Å². The number of benzene rings is 1. The number of rotatable bonds is 6. The van der Waals surface area contributed by atoms with E-state index in [-0.39, 0.29) is 5.75 Å². The lowest BCUT2D eigenvalue weighted by molar-refractivity contribution is -0.0326. The summed E-state index contributed by atoms with van der Waals surface area (Å²) in [5.41, 5.74) is 9.87. The van der Waals surface area contributed by atoms with Crippen LogP contribution in [0.2, 0.25) is 0 Å². The third-order valence-electron chi connectivity index (χ3n) is 2.15. The minimum atomic E-state index is -0.970. The third-order valence-corrected chi connectivity index (χ3v) is 3.62. The monoisotopic (exact) mass is 488 g/mol. The molecule has 10 heteroatoms. The zero-order valence-electron chi connectivity index (χ0n) is 11.7. The number of ether oxygens (including phenoxy) is 4. The highest BCUT2D eigenvalue weighted by molar-refractivity contribution is 14.1. The standard InChI is InChI=1S/C12H14BrIN2O6/c1-5(21-11(15)17)19-9-7(13)3-4-8(14)10(9)20-6(2)22-12(16)18/h3-6H,1-2H3,(H2,15,17)(H2,16,18). The molecular formula is C12H14BrIN2O6. The van der Waals surface area contributed by atoms with E-state index in [4.69, 9.17) is 30.4 Å². The minimum Gasteiger partial charge on any atom is -0.450 e. The molecule has 0 aromatic heterocycles. The van der Waals surface area contributed by atoms with E-state index in [1.165, 1.54) is 13.8 Å². The Hall–Kier alpha value is -1.43. The number of hydrogen-bond donors (Lipinski definition) is 2. The summed E-state index contributed by atoms with van der Waals surface area (Å²) in [4.78, 5) is 21.5. The van der Waals surface area contributed by atoms with Gasteiger partial charge in [-0.15, -0.1) is 0 Å². The number of halogens is 2. The number of nitrogens with two attached hydrogens (primary N) is 2. The highest BCUT2D eigenvalue weighted by atomic mass is 127. The number of carbonyl (C=O) groups is 2. The minimum absolute atomic E-state index is 0.264. The predicted molar refractivity (Wildman–Crippen MR) is 88.4 cm³/mol. The number of amides is 2. The quantitative estimate of drug-likeness (QED) is 0.468. The average Bonchev–Trinajstić information content (AvgIpc) is 2.36.